The minimum Gasteiger partial charge on any atom is -0.490 e. The van der Waals surface area contributed by atoms with Crippen molar-refractivity contribution in [3.05, 3.63) is 42.5 Å². The molecular formula is C25H41NO2Si. The Balaban J connectivity index is 2.25. The van der Waals surface area contributed by atoms with E-state index in [0.29, 0.717) is 29.3 Å². The van der Waals surface area contributed by atoms with E-state index in [1.807, 2.05) is 0 Å². The van der Waals surface area contributed by atoms with Crippen molar-refractivity contribution in [2.45, 2.75) is 84.2 Å². The van der Waals surface area contributed by atoms with Gasteiger partial charge in [-0.2, -0.15) is 0 Å². The molecule has 29 heavy (non-hydrogen) atoms. The molecule has 0 saturated carbocycles. The fourth-order valence-corrected chi connectivity index (χ4v) is 10.2. The van der Waals surface area contributed by atoms with Gasteiger partial charge in [-0.1, -0.05) is 91.8 Å². The van der Waals surface area contributed by atoms with E-state index in [2.05, 4.69) is 103 Å². The molecule has 0 aromatic heterocycles. The molecule has 0 amide bonds. The average Bonchev–Trinajstić information content (AvgIpc) is 2.66. The number of rotatable bonds is 11. The first-order chi connectivity index (χ1) is 13.7. The zero-order chi connectivity index (χ0) is 21.6. The largest absolute Gasteiger partial charge is 0.490 e. The van der Waals surface area contributed by atoms with E-state index in [1.165, 1.54) is 5.39 Å². The SMILES string of the molecule is CC(C)NC[C@@H](COc1cccc2ccccc12)O[Si](C(C)C)(C(C)C)C(C)C. The predicted molar refractivity (Wildman–Crippen MR) is 129 cm³/mol. The van der Waals surface area contributed by atoms with Crippen molar-refractivity contribution in [2.24, 2.45) is 0 Å². The molecule has 0 aliphatic heterocycles. The second kappa shape index (κ2) is 10.6. The lowest BCUT2D eigenvalue weighted by Gasteiger charge is -2.44. The van der Waals surface area contributed by atoms with E-state index < -0.39 is 8.32 Å². The van der Waals surface area contributed by atoms with Gasteiger partial charge in [-0.3, -0.25) is 0 Å². The Morgan fingerprint density at radius 3 is 1.97 bits per heavy atom. The smallest absolute Gasteiger partial charge is 0.201 e. The fourth-order valence-electron chi connectivity index (χ4n) is 4.70. The third kappa shape index (κ3) is 5.84. The summed E-state index contributed by atoms with van der Waals surface area (Å²) in [6.45, 7) is 19.8. The van der Waals surface area contributed by atoms with Crippen LogP contribution in [0.2, 0.25) is 16.6 Å². The first-order valence-electron chi connectivity index (χ1n) is 11.2. The van der Waals surface area contributed by atoms with Crippen LogP contribution in [0.1, 0.15) is 55.4 Å². The predicted octanol–water partition coefficient (Wildman–Crippen LogP) is 6.78. The van der Waals surface area contributed by atoms with E-state index in [0.717, 1.165) is 17.7 Å². The second-order valence-electron chi connectivity index (χ2n) is 9.41. The lowest BCUT2D eigenvalue weighted by Crippen LogP contribution is -2.53. The summed E-state index contributed by atoms with van der Waals surface area (Å²) in [6, 6.07) is 15.1. The molecule has 0 aliphatic rings. The minimum absolute atomic E-state index is 0.0373. The van der Waals surface area contributed by atoms with Gasteiger partial charge in [0.05, 0.1) is 6.10 Å². The van der Waals surface area contributed by atoms with E-state index in [1.54, 1.807) is 0 Å². The van der Waals surface area contributed by atoms with Crippen molar-refractivity contribution in [3.63, 3.8) is 0 Å². The van der Waals surface area contributed by atoms with Crippen LogP contribution in [0.5, 0.6) is 5.75 Å². The highest BCUT2D eigenvalue weighted by molar-refractivity contribution is 6.77. The Morgan fingerprint density at radius 2 is 1.38 bits per heavy atom. The number of hydrogen-bond donors (Lipinski definition) is 1. The van der Waals surface area contributed by atoms with Gasteiger partial charge < -0.3 is 14.5 Å². The second-order valence-corrected chi connectivity index (χ2v) is 14.8. The molecule has 2 aromatic rings. The van der Waals surface area contributed by atoms with Crippen molar-refractivity contribution in [2.75, 3.05) is 13.2 Å². The number of hydrogen-bond acceptors (Lipinski definition) is 3. The molecule has 2 rings (SSSR count). The van der Waals surface area contributed by atoms with Crippen molar-refractivity contribution >= 4 is 19.1 Å². The normalized spacial score (nSPS) is 13.8. The summed E-state index contributed by atoms with van der Waals surface area (Å²) >= 11 is 0. The monoisotopic (exact) mass is 415 g/mol. The summed E-state index contributed by atoms with van der Waals surface area (Å²) in [5, 5.41) is 5.94. The van der Waals surface area contributed by atoms with Crippen molar-refractivity contribution in [1.82, 2.24) is 5.32 Å². The Bertz CT molecular complexity index is 730. The van der Waals surface area contributed by atoms with Crippen LogP contribution in [-0.4, -0.2) is 33.6 Å². The molecule has 1 N–H and O–H groups in total. The van der Waals surface area contributed by atoms with Gasteiger partial charge in [-0.25, -0.2) is 0 Å². The Morgan fingerprint density at radius 1 is 0.793 bits per heavy atom. The molecule has 0 heterocycles. The Kier molecular flexibility index (Phi) is 8.74. The maximum absolute atomic E-state index is 7.06. The van der Waals surface area contributed by atoms with E-state index in [4.69, 9.17) is 9.16 Å². The van der Waals surface area contributed by atoms with Gasteiger partial charge in [0.1, 0.15) is 12.4 Å². The zero-order valence-electron chi connectivity index (χ0n) is 19.7. The van der Waals surface area contributed by atoms with E-state index in [9.17, 15) is 0 Å². The number of ether oxygens (including phenoxy) is 1. The maximum Gasteiger partial charge on any atom is 0.201 e. The molecule has 0 spiro atoms. The van der Waals surface area contributed by atoms with Crippen molar-refractivity contribution < 1.29 is 9.16 Å². The summed E-state index contributed by atoms with van der Waals surface area (Å²) in [6.07, 6.45) is 0.0373. The standard InChI is InChI=1S/C25H41NO2Si/c1-18(2)26-16-23(28-29(19(3)4,20(5)6)21(7)8)17-27-25-15-11-13-22-12-9-10-14-24(22)25/h9-15,18-21,23,26H,16-17H2,1-8H3/t23-/m0/s1. The quantitative estimate of drug-likeness (QED) is 0.410. The van der Waals surface area contributed by atoms with Crippen LogP contribution in [0, 0.1) is 0 Å². The minimum atomic E-state index is -1.97. The van der Waals surface area contributed by atoms with Crippen LogP contribution in [0.25, 0.3) is 10.8 Å². The van der Waals surface area contributed by atoms with Gasteiger partial charge in [0.2, 0.25) is 8.32 Å². The first-order valence-corrected chi connectivity index (χ1v) is 13.3. The summed E-state index contributed by atoms with van der Waals surface area (Å²) in [5.74, 6) is 0.937. The summed E-state index contributed by atoms with van der Waals surface area (Å²) < 4.78 is 13.4. The highest BCUT2D eigenvalue weighted by atomic mass is 28.4. The van der Waals surface area contributed by atoms with Crippen LogP contribution in [-0.2, 0) is 4.43 Å². The van der Waals surface area contributed by atoms with Crippen LogP contribution in [0.4, 0.5) is 0 Å². The highest BCUT2D eigenvalue weighted by Gasteiger charge is 2.46. The van der Waals surface area contributed by atoms with Gasteiger partial charge >= 0.3 is 0 Å². The Labute approximate surface area is 179 Å². The number of nitrogens with one attached hydrogen (secondary N) is 1. The van der Waals surface area contributed by atoms with Gasteiger partial charge in [0, 0.05) is 18.0 Å². The number of fused-ring (bicyclic) bond motifs is 1. The highest BCUT2D eigenvalue weighted by Crippen LogP contribution is 2.43. The molecule has 3 nitrogen and oxygen atoms in total. The van der Waals surface area contributed by atoms with E-state index in [-0.39, 0.29) is 6.10 Å². The molecule has 0 fully saturated rings. The summed E-state index contributed by atoms with van der Waals surface area (Å²) in [5.41, 5.74) is 1.67. The Hall–Kier alpha value is -1.36. The third-order valence-electron chi connectivity index (χ3n) is 6.01. The number of benzene rings is 2. The van der Waals surface area contributed by atoms with E-state index >= 15 is 0 Å². The molecule has 1 atom stereocenters. The summed E-state index contributed by atoms with van der Waals surface area (Å²) in [7, 11) is -1.97. The molecule has 0 aliphatic carbocycles. The van der Waals surface area contributed by atoms with Crippen molar-refractivity contribution in [1.29, 1.82) is 0 Å². The van der Waals surface area contributed by atoms with Crippen LogP contribution < -0.4 is 10.1 Å². The van der Waals surface area contributed by atoms with Gasteiger partial charge in [-0.05, 0) is 28.1 Å². The molecule has 0 bridgehead atoms. The summed E-state index contributed by atoms with van der Waals surface area (Å²) in [4.78, 5) is 0. The maximum atomic E-state index is 7.06. The first kappa shape index (κ1) is 23.9. The van der Waals surface area contributed by atoms with Gasteiger partial charge in [0.15, 0.2) is 0 Å². The third-order valence-corrected chi connectivity index (χ3v) is 12.2. The topological polar surface area (TPSA) is 30.5 Å². The average molecular weight is 416 g/mol. The lowest BCUT2D eigenvalue weighted by atomic mass is 10.1. The van der Waals surface area contributed by atoms with Crippen LogP contribution >= 0.6 is 0 Å². The van der Waals surface area contributed by atoms with Gasteiger partial charge in [0.25, 0.3) is 0 Å². The lowest BCUT2D eigenvalue weighted by molar-refractivity contribution is 0.108. The molecule has 162 valence electrons. The van der Waals surface area contributed by atoms with Crippen LogP contribution in [0.15, 0.2) is 42.5 Å². The van der Waals surface area contributed by atoms with Crippen molar-refractivity contribution in [3.8, 4) is 5.75 Å². The molecule has 2 aromatic carbocycles. The molecular weight excluding hydrogens is 374 g/mol. The van der Waals surface area contributed by atoms with Crippen LogP contribution in [0.3, 0.4) is 0 Å². The zero-order valence-corrected chi connectivity index (χ0v) is 20.7. The fraction of sp³-hybridized carbons (Fsp3) is 0.600. The molecule has 0 radical (unpaired) electrons. The molecule has 0 saturated heterocycles. The molecule has 0 unspecified atom stereocenters. The van der Waals surface area contributed by atoms with Gasteiger partial charge in [-0.15, -0.1) is 0 Å². The molecule has 4 heteroatoms.